The van der Waals surface area contributed by atoms with Gasteiger partial charge >= 0.3 is 0 Å². The number of anilines is 1. The van der Waals surface area contributed by atoms with Gasteiger partial charge in [0.05, 0.1) is 20.8 Å². The molecule has 5 nitrogen and oxygen atoms in total. The molecule has 0 bridgehead atoms. The highest BCUT2D eigenvalue weighted by atomic mass is 32.2. The van der Waals surface area contributed by atoms with Crippen LogP contribution in [-0.2, 0) is 16.7 Å². The van der Waals surface area contributed by atoms with Crippen molar-refractivity contribution in [3.8, 4) is 0 Å². The van der Waals surface area contributed by atoms with Crippen molar-refractivity contribution < 1.29 is 17.5 Å². The summed E-state index contributed by atoms with van der Waals surface area (Å²) in [6, 6.07) is 13.1. The van der Waals surface area contributed by atoms with E-state index in [1.807, 2.05) is 11.8 Å². The Morgan fingerprint density at radius 2 is 1.83 bits per heavy atom. The van der Waals surface area contributed by atoms with Crippen molar-refractivity contribution in [3.63, 3.8) is 0 Å². The van der Waals surface area contributed by atoms with Crippen LogP contribution < -0.4 is 9.47 Å². The molecule has 0 saturated heterocycles. The number of rotatable bonds is 9. The van der Waals surface area contributed by atoms with E-state index in [1.165, 1.54) is 37.0 Å². The van der Waals surface area contributed by atoms with Crippen LogP contribution in [0.2, 0.25) is 0 Å². The Kier molecular flexibility index (Phi) is 8.06. The highest BCUT2D eigenvalue weighted by Gasteiger charge is 2.25. The highest BCUT2D eigenvalue weighted by Crippen LogP contribution is 2.46. The zero-order valence-electron chi connectivity index (χ0n) is 20.7. The standard InChI is InChI=1S/C27H32N2O3S3/c1-5-21(17-26-28(6-2)22-15-19(3)9-11-24(22)33-26)18-27-29(13-7-8-14-35(30,31)32)23-16-20(4)10-12-25(23)34-27/h9-12,15-18H,5-8,13-14H2,1-4H3. The Morgan fingerprint density at radius 1 is 1.09 bits per heavy atom. The van der Waals surface area contributed by atoms with Crippen molar-refractivity contribution in [1.82, 2.24) is 0 Å². The molecule has 1 aliphatic heterocycles. The molecule has 0 N–H and O–H groups in total. The second-order valence-electron chi connectivity index (χ2n) is 8.90. The van der Waals surface area contributed by atoms with E-state index in [0.29, 0.717) is 19.4 Å². The van der Waals surface area contributed by atoms with Crippen LogP contribution >= 0.6 is 23.1 Å². The fourth-order valence-electron chi connectivity index (χ4n) is 4.31. The van der Waals surface area contributed by atoms with Gasteiger partial charge in [0, 0.05) is 35.8 Å². The lowest BCUT2D eigenvalue weighted by atomic mass is 10.1. The number of hydrogen-bond donors (Lipinski definition) is 0. The highest BCUT2D eigenvalue weighted by molar-refractivity contribution is 8.03. The Labute approximate surface area is 216 Å². The molecule has 0 amide bonds. The van der Waals surface area contributed by atoms with Crippen molar-refractivity contribution >= 4 is 55.2 Å². The summed E-state index contributed by atoms with van der Waals surface area (Å²) < 4.78 is 36.6. The lowest BCUT2D eigenvalue weighted by molar-refractivity contribution is -0.669. The molecule has 0 spiro atoms. The van der Waals surface area contributed by atoms with Crippen LogP contribution in [0.1, 0.15) is 49.2 Å². The summed E-state index contributed by atoms with van der Waals surface area (Å²) in [5, 5.41) is 2.38. The van der Waals surface area contributed by atoms with Gasteiger partial charge in [-0.1, -0.05) is 42.2 Å². The molecule has 35 heavy (non-hydrogen) atoms. The zero-order chi connectivity index (χ0) is 25.2. The van der Waals surface area contributed by atoms with Gasteiger partial charge in [0.1, 0.15) is 4.70 Å². The fraction of sp³-hybridized carbons (Fsp3) is 0.370. The second-order valence-corrected chi connectivity index (χ2v) is 12.6. The van der Waals surface area contributed by atoms with Gasteiger partial charge in [0.15, 0.2) is 6.54 Å². The Bertz CT molecular complexity index is 1400. The molecule has 186 valence electrons. The maximum atomic E-state index is 11.0. The lowest BCUT2D eigenvalue weighted by Crippen LogP contribution is -2.35. The Morgan fingerprint density at radius 3 is 2.54 bits per heavy atom. The molecule has 1 aliphatic rings. The van der Waals surface area contributed by atoms with Gasteiger partial charge in [-0.2, -0.15) is 4.57 Å². The molecule has 3 aromatic rings. The largest absolute Gasteiger partial charge is 0.748 e. The number of thiazole rings is 1. The maximum absolute atomic E-state index is 11.0. The average Bonchev–Trinajstić information content (AvgIpc) is 3.31. The first-order valence-electron chi connectivity index (χ1n) is 12.0. The van der Waals surface area contributed by atoms with Gasteiger partial charge in [-0.05, 0) is 74.6 Å². The van der Waals surface area contributed by atoms with Gasteiger partial charge in [0.2, 0.25) is 5.52 Å². The summed E-state index contributed by atoms with van der Waals surface area (Å²) in [7, 11) is -4.18. The van der Waals surface area contributed by atoms with Crippen LogP contribution in [0.3, 0.4) is 0 Å². The van der Waals surface area contributed by atoms with Crippen molar-refractivity contribution in [3.05, 3.63) is 69.2 Å². The lowest BCUT2D eigenvalue weighted by Gasteiger charge is -2.18. The minimum absolute atomic E-state index is 0.309. The van der Waals surface area contributed by atoms with E-state index in [9.17, 15) is 13.0 Å². The number of thioether (sulfide) groups is 1. The predicted molar refractivity (Wildman–Crippen MR) is 147 cm³/mol. The number of unbranched alkanes of at least 4 members (excludes halogenated alkanes) is 1. The normalized spacial score (nSPS) is 15.4. The minimum atomic E-state index is -4.18. The van der Waals surface area contributed by atoms with E-state index in [4.69, 9.17) is 0 Å². The van der Waals surface area contributed by atoms with Crippen molar-refractivity contribution in [1.29, 1.82) is 0 Å². The summed E-state index contributed by atoms with van der Waals surface area (Å²) in [5.41, 5.74) is 6.13. The molecular weight excluding hydrogens is 497 g/mol. The van der Waals surface area contributed by atoms with Crippen LogP contribution in [0.25, 0.3) is 16.3 Å². The molecule has 0 radical (unpaired) electrons. The van der Waals surface area contributed by atoms with E-state index in [-0.39, 0.29) is 5.75 Å². The molecule has 4 rings (SSSR count). The number of aryl methyl sites for hydroxylation is 3. The summed E-state index contributed by atoms with van der Waals surface area (Å²) in [4.78, 5) is 3.67. The topological polar surface area (TPSA) is 64.3 Å². The smallest absolute Gasteiger partial charge is 0.263 e. The minimum Gasteiger partial charge on any atom is -0.748 e. The molecule has 2 heterocycles. The Balaban J connectivity index is 1.68. The molecule has 0 atom stereocenters. The van der Waals surface area contributed by atoms with E-state index in [1.54, 1.807) is 11.3 Å². The second kappa shape index (κ2) is 10.9. The van der Waals surface area contributed by atoms with Gasteiger partial charge in [-0.15, -0.1) is 0 Å². The van der Waals surface area contributed by atoms with E-state index < -0.39 is 10.1 Å². The third-order valence-corrected chi connectivity index (χ3v) is 9.15. The fourth-order valence-corrected chi connectivity index (χ4v) is 7.19. The molecule has 0 fully saturated rings. The molecule has 0 saturated carbocycles. The molecule has 2 aromatic carbocycles. The van der Waals surface area contributed by atoms with Gasteiger partial charge in [-0.3, -0.25) is 0 Å². The molecule has 0 aliphatic carbocycles. The number of allylic oxidation sites excluding steroid dienone is 2. The van der Waals surface area contributed by atoms with Crippen molar-refractivity contribution in [2.75, 3.05) is 17.2 Å². The van der Waals surface area contributed by atoms with Gasteiger partial charge < -0.3 is 9.45 Å². The van der Waals surface area contributed by atoms with Crippen LogP contribution in [0.15, 0.2) is 58.0 Å². The number of hydrogen-bond acceptors (Lipinski definition) is 6. The van der Waals surface area contributed by atoms with Crippen molar-refractivity contribution in [2.24, 2.45) is 0 Å². The maximum Gasteiger partial charge on any atom is 0.263 e. The summed E-state index contributed by atoms with van der Waals surface area (Å²) >= 11 is 3.57. The SMILES string of the molecule is CCC(=C/c1sc2ccc(C)cc2[n+]1CCCCS(=O)(=O)[O-])/C=C1/Sc2ccc(C)cc2N1CC. The van der Waals surface area contributed by atoms with E-state index >= 15 is 0 Å². The van der Waals surface area contributed by atoms with Crippen LogP contribution in [0.4, 0.5) is 5.69 Å². The first-order valence-corrected chi connectivity index (χ1v) is 15.2. The monoisotopic (exact) mass is 528 g/mol. The first-order chi connectivity index (χ1) is 16.7. The van der Waals surface area contributed by atoms with Crippen molar-refractivity contribution in [2.45, 2.75) is 58.4 Å². The van der Waals surface area contributed by atoms with E-state index in [0.717, 1.165) is 23.5 Å². The number of nitrogens with zero attached hydrogens (tertiary/aromatic N) is 2. The Hall–Kier alpha value is -2.13. The summed E-state index contributed by atoms with van der Waals surface area (Å²) in [5.74, 6) is -0.309. The van der Waals surface area contributed by atoms with Crippen LogP contribution in [0.5, 0.6) is 0 Å². The predicted octanol–water partition coefficient (Wildman–Crippen LogP) is 6.40. The number of benzene rings is 2. The summed E-state index contributed by atoms with van der Waals surface area (Å²) in [6.45, 7) is 10.2. The molecule has 1 aromatic heterocycles. The van der Waals surface area contributed by atoms with Gasteiger partial charge in [-0.25, -0.2) is 8.42 Å². The molecule has 8 heteroatoms. The third-order valence-electron chi connectivity index (χ3n) is 6.14. The van der Waals surface area contributed by atoms with Crippen LogP contribution in [-0.4, -0.2) is 25.3 Å². The molecular formula is C27H32N2O3S3. The number of fused-ring (bicyclic) bond motifs is 2. The average molecular weight is 529 g/mol. The number of aromatic nitrogens is 1. The molecule has 0 unspecified atom stereocenters. The quantitative estimate of drug-likeness (QED) is 0.183. The summed E-state index contributed by atoms with van der Waals surface area (Å²) in [6.07, 6.45) is 6.48. The zero-order valence-corrected chi connectivity index (χ0v) is 23.2. The van der Waals surface area contributed by atoms with Gasteiger partial charge in [0.25, 0.3) is 5.01 Å². The van der Waals surface area contributed by atoms with Crippen LogP contribution in [0, 0.1) is 13.8 Å². The first kappa shape index (κ1) is 25.9. The van der Waals surface area contributed by atoms with E-state index in [2.05, 4.69) is 85.7 Å². The third kappa shape index (κ3) is 6.17.